The van der Waals surface area contributed by atoms with E-state index in [1.54, 1.807) is 7.11 Å². The number of hydrogen-bond acceptors (Lipinski definition) is 5. The van der Waals surface area contributed by atoms with Crippen LogP contribution >= 0.6 is 0 Å². The first-order valence-electron chi connectivity index (χ1n) is 10.1. The molecule has 1 unspecified atom stereocenters. The molecule has 0 spiro atoms. The molecule has 7 nitrogen and oxygen atoms in total. The van der Waals surface area contributed by atoms with Crippen molar-refractivity contribution < 1.29 is 14.2 Å². The van der Waals surface area contributed by atoms with Crippen LogP contribution in [0, 0.1) is 0 Å². The Kier molecular flexibility index (Phi) is 5.93. The number of nitrogens with zero attached hydrogens (tertiary/aromatic N) is 2. The van der Waals surface area contributed by atoms with Crippen LogP contribution in [0.1, 0.15) is 18.9 Å². The van der Waals surface area contributed by atoms with Gasteiger partial charge in [-0.1, -0.05) is 18.2 Å². The predicted molar refractivity (Wildman–Crippen MR) is 114 cm³/mol. The van der Waals surface area contributed by atoms with Crippen molar-refractivity contribution in [3.05, 3.63) is 48.0 Å². The fourth-order valence-corrected chi connectivity index (χ4v) is 3.71. The third kappa shape index (κ3) is 4.50. The van der Waals surface area contributed by atoms with E-state index < -0.39 is 0 Å². The molecule has 1 fully saturated rings. The van der Waals surface area contributed by atoms with Crippen molar-refractivity contribution in [2.45, 2.75) is 25.9 Å². The van der Waals surface area contributed by atoms with Gasteiger partial charge in [0.05, 0.1) is 19.3 Å². The second-order valence-corrected chi connectivity index (χ2v) is 7.13. The molecule has 4 rings (SSSR count). The normalized spacial score (nSPS) is 18.1. The van der Waals surface area contributed by atoms with E-state index in [9.17, 15) is 0 Å². The van der Waals surface area contributed by atoms with Gasteiger partial charge in [0.2, 0.25) is 6.79 Å². The standard InChI is InChI=1S/C22H28N4O3/c1-3-23-22(24-13-16-8-9-20-21(12-16)29-15-28-20)25-17-10-11-26(14-17)18-6-4-5-7-19(18)27-2/h4-9,12,17H,3,10-11,13-15H2,1-2H3,(H2,23,24,25). The van der Waals surface area contributed by atoms with Crippen LogP contribution in [0.2, 0.25) is 0 Å². The minimum Gasteiger partial charge on any atom is -0.495 e. The largest absolute Gasteiger partial charge is 0.495 e. The second-order valence-electron chi connectivity index (χ2n) is 7.13. The van der Waals surface area contributed by atoms with Crippen molar-refractivity contribution in [1.29, 1.82) is 0 Å². The summed E-state index contributed by atoms with van der Waals surface area (Å²) >= 11 is 0. The molecule has 1 saturated heterocycles. The van der Waals surface area contributed by atoms with E-state index in [0.29, 0.717) is 12.6 Å². The first kappa shape index (κ1) is 19.2. The van der Waals surface area contributed by atoms with Crippen molar-refractivity contribution in [1.82, 2.24) is 10.6 Å². The van der Waals surface area contributed by atoms with Crippen LogP contribution in [0.3, 0.4) is 0 Å². The monoisotopic (exact) mass is 396 g/mol. The molecule has 0 saturated carbocycles. The van der Waals surface area contributed by atoms with Crippen LogP contribution in [-0.4, -0.2) is 45.5 Å². The summed E-state index contributed by atoms with van der Waals surface area (Å²) in [6, 6.07) is 14.5. The smallest absolute Gasteiger partial charge is 0.231 e. The van der Waals surface area contributed by atoms with E-state index >= 15 is 0 Å². The van der Waals surface area contributed by atoms with E-state index in [4.69, 9.17) is 19.2 Å². The summed E-state index contributed by atoms with van der Waals surface area (Å²) in [7, 11) is 1.72. The maximum Gasteiger partial charge on any atom is 0.231 e. The lowest BCUT2D eigenvalue weighted by molar-refractivity contribution is 0.174. The van der Waals surface area contributed by atoms with E-state index in [2.05, 4.69) is 34.6 Å². The molecule has 0 aliphatic carbocycles. The molecule has 0 bridgehead atoms. The Bertz CT molecular complexity index is 871. The Morgan fingerprint density at radius 2 is 2.07 bits per heavy atom. The van der Waals surface area contributed by atoms with Gasteiger partial charge in [0.15, 0.2) is 17.5 Å². The number of benzene rings is 2. The van der Waals surface area contributed by atoms with Crippen molar-refractivity contribution in [2.75, 3.05) is 38.4 Å². The molecule has 154 valence electrons. The number of guanidine groups is 1. The van der Waals surface area contributed by atoms with E-state index in [1.165, 1.54) is 0 Å². The highest BCUT2D eigenvalue weighted by Crippen LogP contribution is 2.33. The van der Waals surface area contributed by atoms with Gasteiger partial charge in [-0.05, 0) is 43.2 Å². The number of para-hydroxylation sites is 2. The van der Waals surface area contributed by atoms with Crippen LogP contribution in [0.5, 0.6) is 17.2 Å². The second kappa shape index (κ2) is 8.94. The Hall–Kier alpha value is -3.09. The fourth-order valence-electron chi connectivity index (χ4n) is 3.71. The molecule has 2 aliphatic rings. The van der Waals surface area contributed by atoms with Crippen LogP contribution in [0.4, 0.5) is 5.69 Å². The highest BCUT2D eigenvalue weighted by molar-refractivity contribution is 5.80. The van der Waals surface area contributed by atoms with Gasteiger partial charge in [-0.15, -0.1) is 0 Å². The molecule has 7 heteroatoms. The van der Waals surface area contributed by atoms with Gasteiger partial charge in [-0.2, -0.15) is 0 Å². The van der Waals surface area contributed by atoms with Crippen molar-refractivity contribution in [3.8, 4) is 17.2 Å². The number of methoxy groups -OCH3 is 1. The molecule has 2 aromatic carbocycles. The van der Waals surface area contributed by atoms with Crippen LogP contribution in [-0.2, 0) is 6.54 Å². The molecule has 2 aliphatic heterocycles. The van der Waals surface area contributed by atoms with Crippen LogP contribution in [0.25, 0.3) is 0 Å². The summed E-state index contributed by atoms with van der Waals surface area (Å²) in [5.41, 5.74) is 2.23. The number of aliphatic imine (C=N–C) groups is 1. The van der Waals surface area contributed by atoms with Crippen LogP contribution < -0.4 is 29.7 Å². The fraction of sp³-hybridized carbons (Fsp3) is 0.409. The zero-order valence-electron chi connectivity index (χ0n) is 17.0. The number of ether oxygens (including phenoxy) is 3. The zero-order chi connectivity index (χ0) is 20.1. The van der Waals surface area contributed by atoms with Crippen molar-refractivity contribution >= 4 is 11.6 Å². The molecule has 29 heavy (non-hydrogen) atoms. The van der Waals surface area contributed by atoms with Gasteiger partial charge in [-0.3, -0.25) is 0 Å². The maximum atomic E-state index is 5.51. The summed E-state index contributed by atoms with van der Waals surface area (Å²) in [4.78, 5) is 7.12. The highest BCUT2D eigenvalue weighted by atomic mass is 16.7. The number of rotatable bonds is 6. The van der Waals surface area contributed by atoms with Gasteiger partial charge >= 0.3 is 0 Å². The molecular formula is C22H28N4O3. The van der Waals surface area contributed by atoms with E-state index in [0.717, 1.165) is 60.5 Å². The molecular weight excluding hydrogens is 368 g/mol. The third-order valence-corrected chi connectivity index (χ3v) is 5.16. The number of hydrogen-bond donors (Lipinski definition) is 2. The highest BCUT2D eigenvalue weighted by Gasteiger charge is 2.25. The predicted octanol–water partition coefficient (Wildman–Crippen LogP) is 2.76. The number of anilines is 1. The summed E-state index contributed by atoms with van der Waals surface area (Å²) in [6.07, 6.45) is 1.05. The van der Waals surface area contributed by atoms with Gasteiger partial charge in [0.1, 0.15) is 5.75 Å². The molecule has 0 radical (unpaired) electrons. The average Bonchev–Trinajstić information content (AvgIpc) is 3.41. The third-order valence-electron chi connectivity index (χ3n) is 5.16. The minimum atomic E-state index is 0.288. The molecule has 0 aromatic heterocycles. The van der Waals surface area contributed by atoms with E-state index in [-0.39, 0.29) is 6.79 Å². The maximum absolute atomic E-state index is 5.51. The lowest BCUT2D eigenvalue weighted by Gasteiger charge is -2.22. The lowest BCUT2D eigenvalue weighted by Crippen LogP contribution is -2.44. The molecule has 2 heterocycles. The van der Waals surface area contributed by atoms with Gasteiger partial charge < -0.3 is 29.7 Å². The molecule has 2 aromatic rings. The quantitative estimate of drug-likeness (QED) is 0.578. The molecule has 1 atom stereocenters. The lowest BCUT2D eigenvalue weighted by atomic mass is 10.2. The number of nitrogens with one attached hydrogen (secondary N) is 2. The topological polar surface area (TPSA) is 67.4 Å². The minimum absolute atomic E-state index is 0.288. The average molecular weight is 396 g/mol. The van der Waals surface area contributed by atoms with Gasteiger partial charge in [0, 0.05) is 25.7 Å². The molecule has 0 amide bonds. The Morgan fingerprint density at radius 3 is 2.93 bits per heavy atom. The van der Waals surface area contributed by atoms with E-state index in [1.807, 2.05) is 30.3 Å². The Morgan fingerprint density at radius 1 is 1.21 bits per heavy atom. The van der Waals surface area contributed by atoms with Gasteiger partial charge in [-0.25, -0.2) is 4.99 Å². The van der Waals surface area contributed by atoms with Gasteiger partial charge in [0.25, 0.3) is 0 Å². The zero-order valence-corrected chi connectivity index (χ0v) is 17.0. The summed E-state index contributed by atoms with van der Waals surface area (Å²) in [5.74, 6) is 3.33. The first-order valence-corrected chi connectivity index (χ1v) is 10.1. The summed E-state index contributed by atoms with van der Waals surface area (Å²) < 4.78 is 16.3. The van der Waals surface area contributed by atoms with Crippen LogP contribution in [0.15, 0.2) is 47.5 Å². The molecule has 2 N–H and O–H groups in total. The first-order chi connectivity index (χ1) is 14.3. The Labute approximate surface area is 171 Å². The SMILES string of the molecule is CCNC(=NCc1ccc2c(c1)OCO2)NC1CCN(c2ccccc2OC)C1. The number of fused-ring (bicyclic) bond motifs is 1. The van der Waals surface area contributed by atoms with Crippen molar-refractivity contribution in [2.24, 2.45) is 4.99 Å². The van der Waals surface area contributed by atoms with Crippen molar-refractivity contribution in [3.63, 3.8) is 0 Å². The summed E-state index contributed by atoms with van der Waals surface area (Å²) in [5, 5.41) is 6.93. The summed E-state index contributed by atoms with van der Waals surface area (Å²) in [6.45, 7) is 5.66. The Balaban J connectivity index is 1.39.